The summed E-state index contributed by atoms with van der Waals surface area (Å²) in [5.41, 5.74) is 0.269. The predicted octanol–water partition coefficient (Wildman–Crippen LogP) is 8.11. The van der Waals surface area contributed by atoms with Crippen LogP contribution in [0.2, 0.25) is 0 Å². The summed E-state index contributed by atoms with van der Waals surface area (Å²) in [7, 11) is 9.78. The van der Waals surface area contributed by atoms with Gasteiger partial charge in [-0.3, -0.25) is 24.5 Å². The molecule has 220 valence electrons. The van der Waals surface area contributed by atoms with E-state index in [1.807, 2.05) is 27.7 Å². The van der Waals surface area contributed by atoms with Crippen LogP contribution in [-0.2, 0) is 22.2 Å². The summed E-state index contributed by atoms with van der Waals surface area (Å²) >= 11 is 5.85. The molecule has 0 bridgehead atoms. The second-order valence-electron chi connectivity index (χ2n) is 9.01. The SMILES string of the molecule is C=[N+]1[C-](Br)N=[N+](CC(C)C)[C-]1c1[c-]cc(F)cc1F.CC(C)Cn1nc(Br)nc1-c1[c-]cc(F)cc1F.[Cl][Ir+][Cl]. The number of hydrogen-bond acceptors (Lipinski definition) is 3. The van der Waals surface area contributed by atoms with Crippen molar-refractivity contribution in [2.75, 3.05) is 6.54 Å². The maximum atomic E-state index is 13.9. The van der Waals surface area contributed by atoms with Gasteiger partial charge in [0.1, 0.15) is 6.54 Å². The molecule has 0 aliphatic carbocycles. The van der Waals surface area contributed by atoms with Gasteiger partial charge in [0.2, 0.25) is 4.73 Å². The van der Waals surface area contributed by atoms with Gasteiger partial charge in [0, 0.05) is 24.1 Å². The van der Waals surface area contributed by atoms with Crippen LogP contribution in [0.1, 0.15) is 33.3 Å². The topological polar surface area (TPSA) is 49.1 Å². The van der Waals surface area contributed by atoms with Crippen molar-refractivity contribution in [3.63, 3.8) is 0 Å². The molecule has 4 rings (SSSR count). The molecule has 0 N–H and O–H groups in total. The normalized spacial score (nSPS) is 12.9. The van der Waals surface area contributed by atoms with Gasteiger partial charge in [-0.25, -0.2) is 6.07 Å². The molecule has 1 aliphatic rings. The quantitative estimate of drug-likeness (QED) is 0.109. The van der Waals surface area contributed by atoms with Crippen LogP contribution < -0.4 is 0 Å². The minimum atomic E-state index is -0.695. The van der Waals surface area contributed by atoms with Crippen molar-refractivity contribution in [1.82, 2.24) is 14.8 Å². The first-order chi connectivity index (χ1) is 18.8. The van der Waals surface area contributed by atoms with Gasteiger partial charge < -0.3 is 13.4 Å². The zero-order valence-electron chi connectivity index (χ0n) is 21.6. The first-order valence-electron chi connectivity index (χ1n) is 11.5. The predicted molar refractivity (Wildman–Crippen MR) is 148 cm³/mol. The first kappa shape index (κ1) is 34.7. The number of aromatic nitrogens is 3. The Morgan fingerprint density at radius 2 is 1.62 bits per heavy atom. The molecule has 0 spiro atoms. The molecule has 15 heteroatoms. The third kappa shape index (κ3) is 9.80. The second kappa shape index (κ2) is 16.2. The number of benzene rings is 2. The number of azo groups is 2. The summed E-state index contributed by atoms with van der Waals surface area (Å²) in [6, 6.07) is 8.97. The van der Waals surface area contributed by atoms with E-state index in [1.54, 1.807) is 9.38 Å². The Balaban J connectivity index is 0.000000256. The van der Waals surface area contributed by atoms with Crippen molar-refractivity contribution in [2.24, 2.45) is 17.0 Å². The van der Waals surface area contributed by atoms with Gasteiger partial charge in [0.15, 0.2) is 6.17 Å². The molecule has 3 aromatic rings. The van der Waals surface area contributed by atoms with E-state index in [-0.39, 0.29) is 11.1 Å². The molecule has 0 atom stereocenters. The van der Waals surface area contributed by atoms with Gasteiger partial charge in [0.05, 0.1) is 10.9 Å². The van der Waals surface area contributed by atoms with Crippen LogP contribution >= 0.6 is 51.0 Å². The standard InChI is InChI=1S/C13H13BrF2N3.C12H11BrF2N3.2ClH.Ir/c1-8(2)7-19-12(18(3)13(14)17-19)10-5-4-9(15)6-11(10)16;1-7(2)6-18-11(16-12(13)17-18)9-4-3-8(14)5-10(9)15;;;/h4,6,8H,3,7H2,1-2H3;3,5,7H,6H2,1-2H3;2*1H;/q2*-1;;;+3/p-2. The maximum absolute atomic E-state index is 13.9. The van der Waals surface area contributed by atoms with Crippen molar-refractivity contribution in [2.45, 2.75) is 34.2 Å². The Morgan fingerprint density at radius 1 is 1.05 bits per heavy atom. The molecule has 0 unspecified atom stereocenters. The molecule has 6 nitrogen and oxygen atoms in total. The summed E-state index contributed by atoms with van der Waals surface area (Å²) in [6.45, 7) is 13.1. The molecular formula is C25H24Br2Cl2F4IrN6-. The van der Waals surface area contributed by atoms with Crippen LogP contribution in [0.15, 0.2) is 34.1 Å². The molecule has 0 fully saturated rings. The summed E-state index contributed by atoms with van der Waals surface area (Å²) in [4.78, 5) is 4.10. The number of nitrogens with zero attached hydrogens (tertiary/aromatic N) is 6. The van der Waals surface area contributed by atoms with E-state index >= 15 is 0 Å². The van der Waals surface area contributed by atoms with Gasteiger partial charge in [-0.2, -0.15) is 11.2 Å². The van der Waals surface area contributed by atoms with E-state index in [0.29, 0.717) is 46.7 Å². The average molecular weight is 907 g/mol. The third-order valence-electron chi connectivity index (χ3n) is 4.81. The zero-order valence-corrected chi connectivity index (χ0v) is 28.7. The summed E-state index contributed by atoms with van der Waals surface area (Å²) in [5, 5.41) is 8.85. The molecule has 2 heterocycles. The van der Waals surface area contributed by atoms with Crippen LogP contribution in [0, 0.1) is 58.5 Å². The van der Waals surface area contributed by atoms with Gasteiger partial charge in [-0.1, -0.05) is 60.0 Å². The Hall–Kier alpha value is -1.50. The van der Waals surface area contributed by atoms with Crippen molar-refractivity contribution in [3.05, 3.63) is 81.2 Å². The second-order valence-corrected chi connectivity index (χ2v) is 13.9. The molecule has 40 heavy (non-hydrogen) atoms. The fraction of sp³-hybridized carbons (Fsp3) is 0.320. The number of hydrogen-bond donors (Lipinski definition) is 0. The zero-order chi connectivity index (χ0) is 30.1. The van der Waals surface area contributed by atoms with Crippen LogP contribution in [0.25, 0.3) is 11.4 Å². The fourth-order valence-corrected chi connectivity index (χ4v) is 4.09. The van der Waals surface area contributed by atoms with E-state index in [0.717, 1.165) is 24.3 Å². The van der Waals surface area contributed by atoms with Gasteiger partial charge in [-0.05, 0) is 33.5 Å². The van der Waals surface area contributed by atoms with Crippen molar-refractivity contribution in [3.8, 4) is 11.4 Å². The van der Waals surface area contributed by atoms with E-state index < -0.39 is 38.9 Å². The molecule has 2 aromatic carbocycles. The van der Waals surface area contributed by atoms with Crippen LogP contribution in [-0.4, -0.2) is 37.3 Å². The van der Waals surface area contributed by atoms with Crippen LogP contribution in [0.4, 0.5) is 17.6 Å². The molecule has 0 saturated carbocycles. The van der Waals surface area contributed by atoms with E-state index in [4.69, 9.17) is 19.2 Å². The fourth-order valence-electron chi connectivity index (χ4n) is 3.37. The minimum absolute atomic E-state index is 0.121. The number of rotatable bonds is 6. The van der Waals surface area contributed by atoms with Gasteiger partial charge >= 0.3 is 34.8 Å². The first-order valence-corrected chi connectivity index (χ1v) is 19.0. The average Bonchev–Trinajstić information content (AvgIpc) is 3.32. The van der Waals surface area contributed by atoms with E-state index in [2.05, 4.69) is 65.9 Å². The van der Waals surface area contributed by atoms with Gasteiger partial charge in [0.25, 0.3) is 5.08 Å². The van der Waals surface area contributed by atoms with Crippen molar-refractivity contribution in [1.29, 1.82) is 0 Å². The molecular weight excluding hydrogens is 883 g/mol. The summed E-state index contributed by atoms with van der Waals surface area (Å²) in [5.74, 6) is -1.70. The van der Waals surface area contributed by atoms with Crippen LogP contribution in [0.5, 0.6) is 0 Å². The number of halogens is 8. The molecule has 0 radical (unpaired) electrons. The van der Waals surface area contributed by atoms with Crippen molar-refractivity contribution >= 4 is 57.7 Å². The van der Waals surface area contributed by atoms with Crippen molar-refractivity contribution < 1.29 is 42.5 Å². The molecule has 1 aliphatic heterocycles. The Morgan fingerprint density at radius 3 is 2.15 bits per heavy atom. The molecule has 1 aromatic heterocycles. The Labute approximate surface area is 263 Å². The molecule has 0 amide bonds. The summed E-state index contributed by atoms with van der Waals surface area (Å²) < 4.78 is 58.4. The van der Waals surface area contributed by atoms with E-state index in [9.17, 15) is 17.6 Å². The summed E-state index contributed by atoms with van der Waals surface area (Å²) in [6.07, 6.45) is 0.443. The third-order valence-corrected chi connectivity index (χ3v) is 5.73. The Bertz CT molecular complexity index is 1340. The Kier molecular flexibility index (Phi) is 14.1. The van der Waals surface area contributed by atoms with Crippen LogP contribution in [0.3, 0.4) is 0 Å². The van der Waals surface area contributed by atoms with E-state index in [1.165, 1.54) is 4.58 Å². The van der Waals surface area contributed by atoms with Gasteiger partial charge in [-0.15, -0.1) is 24.4 Å². The monoisotopic (exact) mass is 905 g/mol. The molecule has 0 saturated heterocycles.